The lowest BCUT2D eigenvalue weighted by Gasteiger charge is -2.24. The largest absolute Gasteiger partial charge is 0.510 e. The lowest BCUT2D eigenvalue weighted by atomic mass is 10.1. The number of hydrogen-bond donors (Lipinski definition) is 4. The predicted octanol–water partition coefficient (Wildman–Crippen LogP) is 5.26. The number of esters is 1. The van der Waals surface area contributed by atoms with Crippen molar-refractivity contribution in [3.63, 3.8) is 0 Å². The van der Waals surface area contributed by atoms with Crippen molar-refractivity contribution >= 4 is 48.6 Å². The average molecular weight is 745 g/mol. The minimum atomic E-state index is -3.86. The highest BCUT2D eigenvalue weighted by Gasteiger charge is 2.31. The van der Waals surface area contributed by atoms with Crippen LogP contribution in [-0.2, 0) is 49.0 Å². The van der Waals surface area contributed by atoms with Crippen molar-refractivity contribution in [2.75, 3.05) is 25.5 Å². The molecule has 2 rings (SSSR count). The van der Waals surface area contributed by atoms with E-state index in [9.17, 15) is 23.7 Å². The molecule has 5 N–H and O–H groups in total. The molecule has 0 saturated carbocycles. The fourth-order valence-corrected chi connectivity index (χ4v) is 5.88. The molecule has 288 valence electrons. The second-order valence-electron chi connectivity index (χ2n) is 11.8. The number of aliphatic carboxylic acids is 2. The van der Waals surface area contributed by atoms with Crippen LogP contribution in [0.3, 0.4) is 0 Å². The fourth-order valence-electron chi connectivity index (χ4n) is 4.29. The van der Waals surface area contributed by atoms with Crippen molar-refractivity contribution in [2.24, 2.45) is 0 Å². The number of carbonyl (C=O) groups excluding carboxylic acids is 2. The van der Waals surface area contributed by atoms with Crippen LogP contribution >= 0.6 is 7.52 Å². The van der Waals surface area contributed by atoms with Gasteiger partial charge in [-0.05, 0) is 34.1 Å². The van der Waals surface area contributed by atoms with E-state index in [1.54, 1.807) is 31.7 Å². The van der Waals surface area contributed by atoms with Gasteiger partial charge in [0.05, 0.1) is 31.7 Å². The number of hydrogen-bond acceptors (Lipinski definition) is 14. The summed E-state index contributed by atoms with van der Waals surface area (Å²) >= 11 is 0. The van der Waals surface area contributed by atoms with Crippen LogP contribution in [0.25, 0.3) is 11.2 Å². The number of carbonyl (C=O) groups is 4. The van der Waals surface area contributed by atoms with Crippen LogP contribution in [0.2, 0.25) is 0 Å². The number of nitrogens with zero attached hydrogens (tertiary/aromatic N) is 4. The molecule has 51 heavy (non-hydrogen) atoms. The summed E-state index contributed by atoms with van der Waals surface area (Å²) in [6.07, 6.45) is 12.1. The van der Waals surface area contributed by atoms with Crippen LogP contribution in [0.15, 0.2) is 24.8 Å². The van der Waals surface area contributed by atoms with Gasteiger partial charge in [-0.1, -0.05) is 58.3 Å². The first-order valence-corrected chi connectivity index (χ1v) is 18.7. The lowest BCUT2D eigenvalue weighted by Crippen LogP contribution is -2.35. The van der Waals surface area contributed by atoms with Gasteiger partial charge in [-0.25, -0.2) is 34.4 Å². The van der Waals surface area contributed by atoms with E-state index in [0.29, 0.717) is 29.9 Å². The summed E-state index contributed by atoms with van der Waals surface area (Å²) in [6, 6.07) is -0.969. The number of carboxylic acids is 2. The first kappa shape index (κ1) is 44.9. The minimum absolute atomic E-state index is 0.258. The highest BCUT2D eigenvalue weighted by molar-refractivity contribution is 7.56. The van der Waals surface area contributed by atoms with Gasteiger partial charge >= 0.3 is 24.1 Å². The van der Waals surface area contributed by atoms with Gasteiger partial charge in [0.15, 0.2) is 11.5 Å². The number of unbranched alkanes of at least 4 members (excludes halogenated alkanes) is 8. The van der Waals surface area contributed by atoms with E-state index in [1.165, 1.54) is 51.8 Å². The number of carboxylic acid groups (broad SMARTS) is 2. The van der Waals surface area contributed by atoms with Gasteiger partial charge in [0.1, 0.15) is 24.2 Å². The monoisotopic (exact) mass is 744 g/mol. The molecule has 0 aliphatic heterocycles. The minimum Gasteiger partial charge on any atom is -0.478 e. The zero-order valence-corrected chi connectivity index (χ0v) is 30.9. The summed E-state index contributed by atoms with van der Waals surface area (Å²) in [5.74, 6) is -2.83. The molecule has 0 spiro atoms. The van der Waals surface area contributed by atoms with Gasteiger partial charge in [-0.15, -0.1) is 0 Å². The molecule has 1 unspecified atom stereocenters. The van der Waals surface area contributed by atoms with Crippen molar-refractivity contribution in [2.45, 2.75) is 117 Å². The molecule has 0 fully saturated rings. The lowest BCUT2D eigenvalue weighted by molar-refractivity contribution is -0.145. The Kier molecular flexibility index (Phi) is 22.0. The van der Waals surface area contributed by atoms with Crippen molar-refractivity contribution in [1.82, 2.24) is 24.6 Å². The fraction of sp³-hybridized carbons (Fsp3) is 0.656. The van der Waals surface area contributed by atoms with Gasteiger partial charge in [0, 0.05) is 12.2 Å². The highest BCUT2D eigenvalue weighted by Crippen LogP contribution is 2.43. The van der Waals surface area contributed by atoms with E-state index >= 15 is 0 Å². The van der Waals surface area contributed by atoms with Gasteiger partial charge < -0.3 is 39.5 Å². The van der Waals surface area contributed by atoms with Crippen LogP contribution in [0, 0.1) is 0 Å². The number of imidazole rings is 1. The summed E-state index contributed by atoms with van der Waals surface area (Å²) in [6.45, 7) is 8.73. The Morgan fingerprint density at radius 1 is 0.922 bits per heavy atom. The number of fused-ring (bicyclic) bond motifs is 1. The normalized spacial score (nSPS) is 13.6. The molecule has 0 bridgehead atoms. The molecule has 0 aliphatic carbocycles. The number of nitrogens with two attached hydrogens (primary N) is 1. The third-order valence-electron chi connectivity index (χ3n) is 6.79. The molecule has 2 aromatic heterocycles. The van der Waals surface area contributed by atoms with Crippen molar-refractivity contribution in [3.05, 3.63) is 24.8 Å². The summed E-state index contributed by atoms with van der Waals surface area (Å²) < 4.78 is 41.8. The Morgan fingerprint density at radius 2 is 1.53 bits per heavy atom. The second-order valence-corrected chi connectivity index (χ2v) is 13.9. The summed E-state index contributed by atoms with van der Waals surface area (Å²) in [5, 5.41) is 18.3. The van der Waals surface area contributed by atoms with Crippen LogP contribution in [0.1, 0.15) is 92.4 Å². The molecule has 0 saturated heterocycles. The van der Waals surface area contributed by atoms with Crippen LogP contribution in [-0.4, -0.2) is 91.8 Å². The molecule has 2 heterocycles. The Morgan fingerprint density at radius 3 is 2.12 bits per heavy atom. The Bertz CT molecular complexity index is 1420. The molecule has 0 amide bonds. The van der Waals surface area contributed by atoms with Gasteiger partial charge in [-0.3, -0.25) is 13.9 Å². The molecular weight excluding hydrogens is 691 g/mol. The predicted molar refractivity (Wildman–Crippen MR) is 187 cm³/mol. The number of nitrogen functional groups attached to an aromatic ring is 1. The van der Waals surface area contributed by atoms with Crippen molar-refractivity contribution in [1.29, 1.82) is 0 Å². The summed E-state index contributed by atoms with van der Waals surface area (Å²) in [4.78, 5) is 55.8. The van der Waals surface area contributed by atoms with Crippen molar-refractivity contribution in [3.8, 4) is 0 Å². The number of aromatic nitrogens is 4. The van der Waals surface area contributed by atoms with Crippen LogP contribution in [0.5, 0.6) is 0 Å². The van der Waals surface area contributed by atoms with Gasteiger partial charge in [0.25, 0.3) is 7.52 Å². The third-order valence-corrected chi connectivity index (χ3v) is 8.58. The van der Waals surface area contributed by atoms with Gasteiger partial charge in [-0.2, -0.15) is 0 Å². The molecule has 19 heteroatoms. The Hall–Kier alpha value is -4.12. The van der Waals surface area contributed by atoms with Crippen molar-refractivity contribution < 1.29 is 57.4 Å². The molecule has 0 aliphatic rings. The van der Waals surface area contributed by atoms with E-state index in [2.05, 4.69) is 27.0 Å². The number of nitrogens with one attached hydrogen (secondary N) is 1. The first-order valence-electron chi connectivity index (χ1n) is 16.9. The summed E-state index contributed by atoms with van der Waals surface area (Å²) in [7, 11) is -3.86. The quantitative estimate of drug-likeness (QED) is 0.0351. The second kappa shape index (κ2) is 24.9. The first-order chi connectivity index (χ1) is 24.2. The van der Waals surface area contributed by atoms with Crippen LogP contribution < -0.4 is 10.8 Å². The Balaban J connectivity index is 0.00000144. The van der Waals surface area contributed by atoms with E-state index in [1.807, 2.05) is 0 Å². The average Bonchev–Trinajstić information content (AvgIpc) is 3.47. The summed E-state index contributed by atoms with van der Waals surface area (Å²) in [5.41, 5.74) is 6.85. The molecule has 2 aromatic rings. The van der Waals surface area contributed by atoms with Gasteiger partial charge in [0.2, 0.25) is 6.79 Å². The SMILES string of the molecule is CCCCCCCCCCCOC(=O)[C@H](C)NP(=O)(CO[C@H](C)Cn1cnc2c(N)ncnc21)OCOC(=O)OC(C)C.O=C(O)/C=C/C(=O)O. The third kappa shape index (κ3) is 20.4. The molecular formula is C32H53N6O12P. The van der Waals surface area contributed by atoms with E-state index < -0.39 is 63.0 Å². The Labute approximate surface area is 297 Å². The van der Waals surface area contributed by atoms with E-state index in [4.69, 9.17) is 39.4 Å². The zero-order valence-electron chi connectivity index (χ0n) is 30.0. The van der Waals surface area contributed by atoms with E-state index in [0.717, 1.165) is 19.3 Å². The maximum Gasteiger partial charge on any atom is 0.510 e. The zero-order chi connectivity index (χ0) is 38.2. The topological polar surface area (TPSA) is 254 Å². The van der Waals surface area contributed by atoms with E-state index in [-0.39, 0.29) is 12.4 Å². The smallest absolute Gasteiger partial charge is 0.478 e. The highest BCUT2D eigenvalue weighted by atomic mass is 31.2. The van der Waals surface area contributed by atoms with Crippen LogP contribution in [0.4, 0.5) is 10.6 Å². The maximum absolute atomic E-state index is 13.7. The molecule has 0 radical (unpaired) electrons. The number of ether oxygens (including phenoxy) is 4. The standard InChI is InChI=1S/C28H49N6O8P.C4H4O4/c1-6-7-8-9-10-11-12-13-14-15-38-27(35)23(5)33-43(37,41-19-39-28(36)42-21(2)3)20-40-22(4)16-34-18-32-24-25(29)30-17-31-26(24)34;5-3(6)1-2-4(7)8/h17-18,21-23H,6-16,19-20H2,1-5H3,(H,33,37)(H2,29,30,31);1-2H,(H,5,6)(H,7,8)/b;2-1+/t22-,23+,43?;/m1./s1. The molecule has 0 aromatic carbocycles. The molecule has 18 nitrogen and oxygen atoms in total. The maximum atomic E-state index is 13.7. The number of anilines is 1. The molecule has 3 atom stereocenters. The number of rotatable bonds is 24.